The molecule has 390 valence electrons. The molecule has 17 heteroatoms. The Morgan fingerprint density at radius 2 is 1.42 bits per heavy atom. The lowest BCUT2D eigenvalue weighted by Gasteiger charge is -2.41. The SMILES string of the molecule is CC(C)(F)C(=O)N1CCCC(c2cccc(C(=O)N[C@@H](C(=O)N3CCN(CC4CCN(CC(=O)N5CCN(C(=O)c6cc(Cc7n[nH]c(=O)c8ccccc78)ccc6F)CC5)CC4)CC3)C3CCCCC3)c2)C1. The van der Waals surface area contributed by atoms with Crippen molar-refractivity contribution in [1.29, 1.82) is 0 Å². The average molecular weight is 1000 g/mol. The zero-order valence-electron chi connectivity index (χ0n) is 42.5. The van der Waals surface area contributed by atoms with Crippen LogP contribution in [0.3, 0.4) is 0 Å². The van der Waals surface area contributed by atoms with Gasteiger partial charge in [0.25, 0.3) is 23.3 Å². The fourth-order valence-electron chi connectivity index (χ4n) is 11.8. The maximum absolute atomic E-state index is 15.1. The van der Waals surface area contributed by atoms with Gasteiger partial charge in [-0.1, -0.05) is 55.7 Å². The topological polar surface area (TPSA) is 163 Å². The van der Waals surface area contributed by atoms with E-state index < -0.39 is 29.3 Å². The zero-order chi connectivity index (χ0) is 51.2. The van der Waals surface area contributed by atoms with Gasteiger partial charge < -0.3 is 24.9 Å². The minimum absolute atomic E-state index is 0.00774. The molecule has 9 rings (SSSR count). The Balaban J connectivity index is 0.709. The van der Waals surface area contributed by atoms with Crippen LogP contribution in [-0.4, -0.2) is 172 Å². The van der Waals surface area contributed by atoms with Gasteiger partial charge in [0, 0.05) is 95.3 Å². The zero-order valence-corrected chi connectivity index (χ0v) is 42.5. The highest BCUT2D eigenvalue weighted by molar-refractivity contribution is 5.98. The van der Waals surface area contributed by atoms with E-state index in [-0.39, 0.29) is 40.7 Å². The van der Waals surface area contributed by atoms with Crippen LogP contribution < -0.4 is 10.9 Å². The molecule has 0 spiro atoms. The van der Waals surface area contributed by atoms with Crippen molar-refractivity contribution in [2.45, 2.75) is 95.7 Å². The van der Waals surface area contributed by atoms with Crippen LogP contribution in [0.15, 0.2) is 71.5 Å². The summed E-state index contributed by atoms with van der Waals surface area (Å²) in [5.41, 5.74) is 0.477. The molecule has 5 fully saturated rings. The van der Waals surface area contributed by atoms with E-state index in [9.17, 15) is 33.2 Å². The monoisotopic (exact) mass is 1000 g/mol. The molecule has 1 unspecified atom stereocenters. The van der Waals surface area contributed by atoms with Crippen LogP contribution in [-0.2, 0) is 20.8 Å². The smallest absolute Gasteiger partial charge is 0.272 e. The first-order valence-electron chi connectivity index (χ1n) is 26.6. The average Bonchev–Trinajstić information content (AvgIpc) is 3.41. The van der Waals surface area contributed by atoms with Crippen molar-refractivity contribution in [2.24, 2.45) is 11.8 Å². The molecule has 3 aromatic carbocycles. The number of hydrogen-bond donors (Lipinski definition) is 2. The van der Waals surface area contributed by atoms with Gasteiger partial charge in [0.05, 0.1) is 23.2 Å². The van der Waals surface area contributed by atoms with Crippen molar-refractivity contribution >= 4 is 40.3 Å². The predicted octanol–water partition coefficient (Wildman–Crippen LogP) is 5.63. The number of piperidine rings is 2. The van der Waals surface area contributed by atoms with Crippen molar-refractivity contribution in [1.82, 2.24) is 44.9 Å². The molecule has 5 aliphatic rings. The van der Waals surface area contributed by atoms with Gasteiger partial charge in [0.2, 0.25) is 11.8 Å². The Morgan fingerprint density at radius 3 is 2.15 bits per heavy atom. The number of fused-ring (bicyclic) bond motifs is 1. The number of carbonyl (C=O) groups is 5. The lowest BCUT2D eigenvalue weighted by Crippen LogP contribution is -2.57. The van der Waals surface area contributed by atoms with Gasteiger partial charge in [-0.3, -0.25) is 38.6 Å². The van der Waals surface area contributed by atoms with E-state index in [4.69, 9.17) is 0 Å². The number of rotatable bonds is 13. The van der Waals surface area contributed by atoms with Gasteiger partial charge in [0.1, 0.15) is 11.9 Å². The van der Waals surface area contributed by atoms with E-state index in [1.165, 1.54) is 19.9 Å². The summed E-state index contributed by atoms with van der Waals surface area (Å²) in [6, 6.07) is 18.5. The maximum Gasteiger partial charge on any atom is 0.272 e. The van der Waals surface area contributed by atoms with Crippen LogP contribution in [0, 0.1) is 17.7 Å². The number of benzene rings is 3. The van der Waals surface area contributed by atoms with Crippen LogP contribution in [0.2, 0.25) is 0 Å². The number of likely N-dealkylation sites (tertiary alicyclic amines) is 2. The third-order valence-electron chi connectivity index (χ3n) is 16.1. The number of alkyl halides is 1. The first kappa shape index (κ1) is 51.8. The van der Waals surface area contributed by atoms with Crippen LogP contribution in [0.4, 0.5) is 8.78 Å². The largest absolute Gasteiger partial charge is 0.340 e. The maximum atomic E-state index is 15.1. The van der Waals surface area contributed by atoms with Crippen LogP contribution in [0.5, 0.6) is 0 Å². The number of nitrogens with zero attached hydrogens (tertiary/aromatic N) is 7. The molecule has 1 aliphatic carbocycles. The summed E-state index contributed by atoms with van der Waals surface area (Å²) in [6.07, 6.45) is 8.83. The Bertz CT molecular complexity index is 2700. The van der Waals surface area contributed by atoms with E-state index >= 15 is 4.39 Å². The normalized spacial score (nSPS) is 20.5. The van der Waals surface area contributed by atoms with Crippen molar-refractivity contribution in [3.63, 3.8) is 0 Å². The fraction of sp³-hybridized carbons (Fsp3) is 0.554. The highest BCUT2D eigenvalue weighted by Gasteiger charge is 2.38. The fourth-order valence-corrected chi connectivity index (χ4v) is 11.8. The molecule has 0 bridgehead atoms. The van der Waals surface area contributed by atoms with Gasteiger partial charge in [0.15, 0.2) is 5.67 Å². The van der Waals surface area contributed by atoms with Crippen molar-refractivity contribution in [2.75, 3.05) is 91.6 Å². The van der Waals surface area contributed by atoms with Crippen LogP contribution in [0.1, 0.15) is 115 Å². The van der Waals surface area contributed by atoms with E-state index in [1.807, 2.05) is 35.2 Å². The lowest BCUT2D eigenvalue weighted by molar-refractivity contribution is -0.143. The minimum atomic E-state index is -1.94. The number of nitrogens with one attached hydrogen (secondary N) is 2. The number of piperazine rings is 2. The van der Waals surface area contributed by atoms with E-state index in [2.05, 4.69) is 25.3 Å². The van der Waals surface area contributed by atoms with Crippen LogP contribution in [0.25, 0.3) is 10.8 Å². The molecular weight excluding hydrogens is 933 g/mol. The summed E-state index contributed by atoms with van der Waals surface area (Å²) in [5.74, 6) is -1.25. The van der Waals surface area contributed by atoms with Crippen molar-refractivity contribution < 1.29 is 32.8 Å². The number of carbonyl (C=O) groups excluding carboxylic acids is 5. The molecule has 4 aliphatic heterocycles. The second kappa shape index (κ2) is 23.0. The predicted molar refractivity (Wildman–Crippen MR) is 274 cm³/mol. The standard InChI is InChI=1S/C56H71F2N9O6/c1-56(2,58)55(73)67-21-9-14-43(36-67)41-12-8-13-42(34-41)51(69)59-50(40-10-4-3-5-11-40)54(72)66-26-24-63(25-27-66)35-38-19-22-62(23-20-38)37-49(68)64-28-30-65(31-29-64)53(71)46-32-39(17-18-47(46)57)33-48-44-15-6-7-16-45(44)52(70)61-60-48/h6-8,12-13,15-18,32,34,38,40,43,50H,3-5,9-11,14,19-31,33,35-37H2,1-2H3,(H,59,69)(H,61,70)/t43?,50-/m1/s1. The highest BCUT2D eigenvalue weighted by Crippen LogP contribution is 2.31. The molecule has 5 amide bonds. The molecule has 4 aromatic rings. The summed E-state index contributed by atoms with van der Waals surface area (Å²) >= 11 is 0. The summed E-state index contributed by atoms with van der Waals surface area (Å²) in [7, 11) is 0. The second-order valence-electron chi connectivity index (χ2n) is 21.6. The molecular formula is C56H71F2N9O6. The first-order chi connectivity index (χ1) is 35.2. The van der Waals surface area contributed by atoms with Gasteiger partial charge in [-0.15, -0.1) is 0 Å². The summed E-state index contributed by atoms with van der Waals surface area (Å²) < 4.78 is 29.7. The third kappa shape index (κ3) is 12.5. The van der Waals surface area contributed by atoms with Gasteiger partial charge in [-0.25, -0.2) is 13.9 Å². The molecule has 1 saturated carbocycles. The molecule has 0 radical (unpaired) electrons. The number of amides is 5. The van der Waals surface area contributed by atoms with Gasteiger partial charge in [-0.05, 0) is 119 Å². The highest BCUT2D eigenvalue weighted by atomic mass is 19.1. The van der Waals surface area contributed by atoms with E-state index in [0.29, 0.717) is 98.8 Å². The Labute approximate surface area is 426 Å². The number of halogens is 2. The molecule has 2 atom stereocenters. The molecule has 1 aromatic heterocycles. The quantitative estimate of drug-likeness (QED) is 0.173. The van der Waals surface area contributed by atoms with E-state index in [1.54, 1.807) is 45.0 Å². The van der Waals surface area contributed by atoms with Gasteiger partial charge in [-0.2, -0.15) is 5.10 Å². The van der Waals surface area contributed by atoms with Crippen molar-refractivity contribution in [3.8, 4) is 0 Å². The number of aromatic amines is 1. The third-order valence-corrected chi connectivity index (χ3v) is 16.1. The Hall–Kier alpha value is -6.07. The minimum Gasteiger partial charge on any atom is -0.340 e. The number of hydrogen-bond acceptors (Lipinski definition) is 9. The molecule has 15 nitrogen and oxygen atoms in total. The summed E-state index contributed by atoms with van der Waals surface area (Å²) in [4.78, 5) is 92.1. The van der Waals surface area contributed by atoms with Crippen LogP contribution >= 0.6 is 0 Å². The Morgan fingerprint density at radius 1 is 0.726 bits per heavy atom. The molecule has 4 saturated heterocycles. The van der Waals surface area contributed by atoms with E-state index in [0.717, 1.165) is 96.1 Å². The van der Waals surface area contributed by atoms with Crippen molar-refractivity contribution in [3.05, 3.63) is 111 Å². The molecule has 73 heavy (non-hydrogen) atoms. The summed E-state index contributed by atoms with van der Waals surface area (Å²) in [5, 5.41) is 11.2. The Kier molecular flexibility index (Phi) is 16.3. The lowest BCUT2D eigenvalue weighted by atomic mass is 9.83. The number of aromatic nitrogens is 2. The van der Waals surface area contributed by atoms with Gasteiger partial charge >= 0.3 is 0 Å². The second-order valence-corrected chi connectivity index (χ2v) is 21.6. The molecule has 2 N–H and O–H groups in total. The first-order valence-corrected chi connectivity index (χ1v) is 26.6. The number of H-pyrrole nitrogens is 1. The molecule has 5 heterocycles. The summed E-state index contributed by atoms with van der Waals surface area (Å²) in [6.45, 7) is 10.5.